The summed E-state index contributed by atoms with van der Waals surface area (Å²) in [4.78, 5) is 6.95. The fourth-order valence-electron chi connectivity index (χ4n) is 2.83. The summed E-state index contributed by atoms with van der Waals surface area (Å²) < 4.78 is 2.00. The summed E-state index contributed by atoms with van der Waals surface area (Å²) in [6, 6.07) is 10.4. The van der Waals surface area contributed by atoms with Crippen molar-refractivity contribution >= 4 is 29.9 Å². The van der Waals surface area contributed by atoms with Crippen LogP contribution >= 0.6 is 24.0 Å². The van der Waals surface area contributed by atoms with Crippen molar-refractivity contribution in [2.75, 3.05) is 33.7 Å². The molecule has 0 aliphatic rings. The highest BCUT2D eigenvalue weighted by molar-refractivity contribution is 14.0. The number of hydrogen-bond acceptors (Lipinski definition) is 3. The van der Waals surface area contributed by atoms with Gasteiger partial charge in [-0.1, -0.05) is 18.2 Å². The molecule has 0 aliphatic heterocycles. The second-order valence-electron chi connectivity index (χ2n) is 6.75. The van der Waals surface area contributed by atoms with Gasteiger partial charge in [-0.3, -0.25) is 0 Å². The predicted molar refractivity (Wildman–Crippen MR) is 124 cm³/mol. The topological polar surface area (TPSA) is 57.5 Å². The maximum atomic E-state index is 4.76. The van der Waals surface area contributed by atoms with Crippen LogP contribution in [0.4, 0.5) is 0 Å². The first kappa shape index (κ1) is 23.4. The third-order valence-corrected chi connectivity index (χ3v) is 4.06. The minimum atomic E-state index is 0. The van der Waals surface area contributed by atoms with E-state index in [0.717, 1.165) is 54.7 Å². The Morgan fingerprint density at radius 2 is 1.93 bits per heavy atom. The molecule has 27 heavy (non-hydrogen) atoms. The van der Waals surface area contributed by atoms with E-state index in [-0.39, 0.29) is 24.0 Å². The predicted octanol–water partition coefficient (Wildman–Crippen LogP) is 3.11. The molecule has 6 nitrogen and oxygen atoms in total. The Hall–Kier alpha value is -1.61. The number of nitrogens with zero attached hydrogens (tertiary/aromatic N) is 4. The first-order chi connectivity index (χ1) is 12.5. The Morgan fingerprint density at radius 3 is 2.56 bits per heavy atom. The summed E-state index contributed by atoms with van der Waals surface area (Å²) in [7, 11) is 4.18. The van der Waals surface area contributed by atoms with Crippen LogP contribution in [0.3, 0.4) is 0 Å². The Balaban J connectivity index is 0.00000364. The molecule has 0 aliphatic carbocycles. The fourth-order valence-corrected chi connectivity index (χ4v) is 2.83. The molecule has 0 unspecified atom stereocenters. The average Bonchev–Trinajstić information content (AvgIpc) is 2.94. The first-order valence-electron chi connectivity index (χ1n) is 9.29. The van der Waals surface area contributed by atoms with E-state index in [0.29, 0.717) is 6.54 Å². The van der Waals surface area contributed by atoms with Crippen molar-refractivity contribution in [2.45, 2.75) is 33.7 Å². The standard InChI is InChI=1S/C20H32N6.HI/c1-6-21-20(22-12-9-13-25(4)5)23-15-18-10-7-8-11-19(18)26-17(3)14-16(2)24-26;/h7-8,10-11,14H,6,9,12-13,15H2,1-5H3,(H2,21,22,23);1H. The van der Waals surface area contributed by atoms with E-state index >= 15 is 0 Å². The molecular weight excluding hydrogens is 451 g/mol. The lowest BCUT2D eigenvalue weighted by molar-refractivity contribution is 0.399. The van der Waals surface area contributed by atoms with Crippen LogP contribution < -0.4 is 10.6 Å². The van der Waals surface area contributed by atoms with Gasteiger partial charge >= 0.3 is 0 Å². The van der Waals surface area contributed by atoms with Crippen molar-refractivity contribution in [3.8, 4) is 5.69 Å². The van der Waals surface area contributed by atoms with Gasteiger partial charge in [0.15, 0.2) is 5.96 Å². The molecule has 0 amide bonds. The van der Waals surface area contributed by atoms with Crippen molar-refractivity contribution < 1.29 is 0 Å². The molecule has 0 bridgehead atoms. The maximum absolute atomic E-state index is 4.76. The van der Waals surface area contributed by atoms with Crippen LogP contribution in [-0.2, 0) is 6.54 Å². The van der Waals surface area contributed by atoms with Crippen LogP contribution in [0.2, 0.25) is 0 Å². The number of nitrogens with one attached hydrogen (secondary N) is 2. The molecule has 7 heteroatoms. The quantitative estimate of drug-likeness (QED) is 0.262. The molecule has 0 spiro atoms. The molecule has 1 aromatic heterocycles. The van der Waals surface area contributed by atoms with Gasteiger partial charge in [-0.2, -0.15) is 5.10 Å². The summed E-state index contributed by atoms with van der Waals surface area (Å²) in [5.41, 5.74) is 4.40. The van der Waals surface area contributed by atoms with Crippen molar-refractivity contribution in [1.82, 2.24) is 25.3 Å². The average molecular weight is 484 g/mol. The van der Waals surface area contributed by atoms with Gasteiger partial charge in [0.05, 0.1) is 17.9 Å². The number of para-hydroxylation sites is 1. The van der Waals surface area contributed by atoms with Crippen molar-refractivity contribution in [2.24, 2.45) is 4.99 Å². The zero-order chi connectivity index (χ0) is 18.9. The molecule has 2 rings (SSSR count). The third-order valence-electron chi connectivity index (χ3n) is 4.06. The zero-order valence-electron chi connectivity index (χ0n) is 17.1. The minimum absolute atomic E-state index is 0. The van der Waals surface area contributed by atoms with E-state index < -0.39 is 0 Å². The molecule has 150 valence electrons. The second-order valence-corrected chi connectivity index (χ2v) is 6.75. The molecule has 1 aromatic carbocycles. The summed E-state index contributed by atoms with van der Waals surface area (Å²) in [6.07, 6.45) is 1.08. The Bertz CT molecular complexity index is 723. The lowest BCUT2D eigenvalue weighted by atomic mass is 10.2. The second kappa shape index (κ2) is 12.0. The minimum Gasteiger partial charge on any atom is -0.357 e. The number of aromatic nitrogens is 2. The Morgan fingerprint density at radius 1 is 1.19 bits per heavy atom. The van der Waals surface area contributed by atoms with E-state index in [1.807, 2.05) is 17.7 Å². The van der Waals surface area contributed by atoms with E-state index in [1.54, 1.807) is 0 Å². The van der Waals surface area contributed by atoms with Crippen LogP contribution in [0.25, 0.3) is 5.69 Å². The van der Waals surface area contributed by atoms with Crippen molar-refractivity contribution in [3.05, 3.63) is 47.3 Å². The summed E-state index contributed by atoms with van der Waals surface area (Å²) in [5, 5.41) is 11.3. The van der Waals surface area contributed by atoms with E-state index in [2.05, 4.69) is 72.8 Å². The highest BCUT2D eigenvalue weighted by Gasteiger charge is 2.08. The molecule has 0 atom stereocenters. The smallest absolute Gasteiger partial charge is 0.191 e. The molecule has 0 saturated heterocycles. The first-order valence-corrected chi connectivity index (χ1v) is 9.29. The van der Waals surface area contributed by atoms with E-state index in [1.165, 1.54) is 0 Å². The normalized spacial score (nSPS) is 11.4. The molecule has 0 saturated carbocycles. The number of guanidine groups is 1. The van der Waals surface area contributed by atoms with Gasteiger partial charge in [-0.05, 0) is 65.5 Å². The lowest BCUT2D eigenvalue weighted by Crippen LogP contribution is -2.38. The van der Waals surface area contributed by atoms with E-state index in [9.17, 15) is 0 Å². The third kappa shape index (κ3) is 7.50. The van der Waals surface area contributed by atoms with Gasteiger partial charge < -0.3 is 15.5 Å². The Kier molecular flexibility index (Phi) is 10.4. The number of rotatable bonds is 8. The monoisotopic (exact) mass is 484 g/mol. The zero-order valence-corrected chi connectivity index (χ0v) is 19.4. The number of halogens is 1. The summed E-state index contributed by atoms with van der Waals surface area (Å²) in [6.45, 7) is 9.61. The van der Waals surface area contributed by atoms with Gasteiger partial charge in [-0.15, -0.1) is 24.0 Å². The summed E-state index contributed by atoms with van der Waals surface area (Å²) >= 11 is 0. The number of benzene rings is 1. The number of hydrogen-bond donors (Lipinski definition) is 2. The lowest BCUT2D eigenvalue weighted by Gasteiger charge is -2.14. The summed E-state index contributed by atoms with van der Waals surface area (Å²) in [5.74, 6) is 0.856. The van der Waals surface area contributed by atoms with Crippen LogP contribution in [0.1, 0.15) is 30.3 Å². The van der Waals surface area contributed by atoms with Crippen molar-refractivity contribution in [3.63, 3.8) is 0 Å². The highest BCUT2D eigenvalue weighted by atomic mass is 127. The van der Waals surface area contributed by atoms with Crippen LogP contribution in [0, 0.1) is 13.8 Å². The Labute approximate surface area is 180 Å². The molecular formula is C20H33IN6. The number of aryl methyl sites for hydroxylation is 2. The SMILES string of the molecule is CCNC(=NCc1ccccc1-n1nc(C)cc1C)NCCCN(C)C.I. The highest BCUT2D eigenvalue weighted by Crippen LogP contribution is 2.17. The molecule has 0 radical (unpaired) electrons. The molecule has 2 N–H and O–H groups in total. The molecule has 2 aromatic rings. The van der Waals surface area contributed by atoms with Crippen LogP contribution in [0.5, 0.6) is 0 Å². The largest absolute Gasteiger partial charge is 0.357 e. The van der Waals surface area contributed by atoms with E-state index in [4.69, 9.17) is 4.99 Å². The molecule has 0 fully saturated rings. The maximum Gasteiger partial charge on any atom is 0.191 e. The number of aliphatic imine (C=N–C) groups is 1. The van der Waals surface area contributed by atoms with Crippen LogP contribution in [-0.4, -0.2) is 54.4 Å². The van der Waals surface area contributed by atoms with Gasteiger partial charge in [0, 0.05) is 18.8 Å². The van der Waals surface area contributed by atoms with Gasteiger partial charge in [-0.25, -0.2) is 9.67 Å². The molecule has 1 heterocycles. The van der Waals surface area contributed by atoms with Crippen molar-refractivity contribution in [1.29, 1.82) is 0 Å². The van der Waals surface area contributed by atoms with Gasteiger partial charge in [0.1, 0.15) is 0 Å². The fraction of sp³-hybridized carbons (Fsp3) is 0.500. The van der Waals surface area contributed by atoms with Gasteiger partial charge in [0.25, 0.3) is 0 Å². The van der Waals surface area contributed by atoms with Crippen LogP contribution in [0.15, 0.2) is 35.3 Å². The van der Waals surface area contributed by atoms with Gasteiger partial charge in [0.2, 0.25) is 0 Å².